The van der Waals surface area contributed by atoms with Gasteiger partial charge < -0.3 is 15.0 Å². The summed E-state index contributed by atoms with van der Waals surface area (Å²) in [7, 11) is 1.61. The van der Waals surface area contributed by atoms with Gasteiger partial charge in [0.1, 0.15) is 11.8 Å². The Bertz CT molecular complexity index is 1070. The van der Waals surface area contributed by atoms with Crippen molar-refractivity contribution in [3.05, 3.63) is 101 Å². The minimum Gasteiger partial charge on any atom is -0.497 e. The van der Waals surface area contributed by atoms with Crippen LogP contribution in [0.15, 0.2) is 78.9 Å². The van der Waals surface area contributed by atoms with Gasteiger partial charge in [0, 0.05) is 18.1 Å². The Hall–Kier alpha value is -3.31. The van der Waals surface area contributed by atoms with Gasteiger partial charge in [0.05, 0.1) is 13.5 Å². The molecule has 3 aromatic rings. The smallest absolute Gasteiger partial charge is 0.247 e. The number of halogens is 1. The summed E-state index contributed by atoms with van der Waals surface area (Å²) in [5, 5.41) is 3.63. The van der Waals surface area contributed by atoms with E-state index in [0.29, 0.717) is 17.5 Å². The lowest BCUT2D eigenvalue weighted by molar-refractivity contribution is -0.141. The van der Waals surface area contributed by atoms with Gasteiger partial charge in [0.25, 0.3) is 0 Å². The molecule has 0 aliphatic heterocycles. The van der Waals surface area contributed by atoms with Crippen molar-refractivity contribution < 1.29 is 14.3 Å². The Kier molecular flexibility index (Phi) is 9.11. The summed E-state index contributed by atoms with van der Waals surface area (Å²) < 4.78 is 5.26. The zero-order chi connectivity index (χ0) is 24.5. The van der Waals surface area contributed by atoms with Gasteiger partial charge in [-0.05, 0) is 46.9 Å². The third-order valence-electron chi connectivity index (χ3n) is 5.46. The molecule has 178 valence electrons. The third kappa shape index (κ3) is 7.09. The summed E-state index contributed by atoms with van der Waals surface area (Å²) >= 11 is 6.02. The maximum absolute atomic E-state index is 13.7. The van der Waals surface area contributed by atoms with E-state index in [9.17, 15) is 9.59 Å². The zero-order valence-electron chi connectivity index (χ0n) is 19.8. The van der Waals surface area contributed by atoms with Gasteiger partial charge in [-0.25, -0.2) is 0 Å². The van der Waals surface area contributed by atoms with Crippen LogP contribution in [-0.4, -0.2) is 30.4 Å². The summed E-state index contributed by atoms with van der Waals surface area (Å²) in [5.41, 5.74) is 2.51. The van der Waals surface area contributed by atoms with E-state index in [4.69, 9.17) is 16.3 Å². The van der Waals surface area contributed by atoms with Gasteiger partial charge in [0.2, 0.25) is 11.8 Å². The molecule has 1 atom stereocenters. The molecule has 0 radical (unpaired) electrons. The number of hydrogen-bond donors (Lipinski definition) is 1. The average molecular weight is 479 g/mol. The number of rotatable bonds is 10. The van der Waals surface area contributed by atoms with E-state index in [0.717, 1.165) is 22.4 Å². The van der Waals surface area contributed by atoms with E-state index < -0.39 is 6.04 Å². The van der Waals surface area contributed by atoms with Crippen LogP contribution in [0.1, 0.15) is 36.6 Å². The molecule has 0 aliphatic rings. The standard InChI is InChI=1S/C28H31ClN2O3/c1-20(2)18-30-28(33)27(23-7-5-4-6-8-23)31(19-22-11-15-25(34-3)16-12-22)26(32)17-21-9-13-24(29)14-10-21/h4-16,20,27H,17-19H2,1-3H3,(H,30,33)/t27-/m0/s1. The lowest BCUT2D eigenvalue weighted by Gasteiger charge is -2.32. The van der Waals surface area contributed by atoms with Crippen molar-refractivity contribution in [2.24, 2.45) is 5.92 Å². The number of carbonyl (C=O) groups excluding carboxylic acids is 2. The first-order valence-electron chi connectivity index (χ1n) is 11.4. The number of methoxy groups -OCH3 is 1. The van der Waals surface area contributed by atoms with Crippen LogP contribution in [0.3, 0.4) is 0 Å². The van der Waals surface area contributed by atoms with E-state index in [-0.39, 0.29) is 24.8 Å². The minimum atomic E-state index is -0.762. The Morgan fingerprint density at radius 2 is 1.53 bits per heavy atom. The normalized spacial score (nSPS) is 11.7. The first-order valence-corrected chi connectivity index (χ1v) is 11.7. The van der Waals surface area contributed by atoms with E-state index in [1.165, 1.54) is 0 Å². The molecule has 0 saturated heterocycles. The highest BCUT2D eigenvalue weighted by atomic mass is 35.5. The maximum Gasteiger partial charge on any atom is 0.247 e. The van der Waals surface area contributed by atoms with Gasteiger partial charge in [-0.2, -0.15) is 0 Å². The fraction of sp³-hybridized carbons (Fsp3) is 0.286. The molecule has 0 spiro atoms. The van der Waals surface area contributed by atoms with Gasteiger partial charge in [0.15, 0.2) is 0 Å². The highest BCUT2D eigenvalue weighted by molar-refractivity contribution is 6.30. The molecular formula is C28H31ClN2O3. The monoisotopic (exact) mass is 478 g/mol. The number of ether oxygens (including phenoxy) is 1. The number of benzene rings is 3. The quantitative estimate of drug-likeness (QED) is 0.422. The van der Waals surface area contributed by atoms with Gasteiger partial charge >= 0.3 is 0 Å². The Balaban J connectivity index is 1.97. The molecule has 0 unspecified atom stereocenters. The van der Waals surface area contributed by atoms with Crippen molar-refractivity contribution in [1.82, 2.24) is 10.2 Å². The molecule has 0 bridgehead atoms. The summed E-state index contributed by atoms with van der Waals surface area (Å²) in [4.78, 5) is 28.8. The van der Waals surface area contributed by atoms with Crippen LogP contribution in [0.4, 0.5) is 0 Å². The van der Waals surface area contributed by atoms with Crippen molar-refractivity contribution in [2.45, 2.75) is 32.9 Å². The van der Waals surface area contributed by atoms with E-state index in [2.05, 4.69) is 5.32 Å². The molecule has 3 aromatic carbocycles. The van der Waals surface area contributed by atoms with Crippen molar-refractivity contribution in [2.75, 3.05) is 13.7 Å². The van der Waals surface area contributed by atoms with Crippen molar-refractivity contribution >= 4 is 23.4 Å². The van der Waals surface area contributed by atoms with E-state index in [1.807, 2.05) is 80.6 Å². The van der Waals surface area contributed by atoms with Crippen LogP contribution < -0.4 is 10.1 Å². The summed E-state index contributed by atoms with van der Waals surface area (Å²) in [6.45, 7) is 4.90. The second kappa shape index (κ2) is 12.2. The lowest BCUT2D eigenvalue weighted by atomic mass is 10.0. The van der Waals surface area contributed by atoms with Crippen LogP contribution in [0.2, 0.25) is 5.02 Å². The molecule has 0 heterocycles. The minimum absolute atomic E-state index is 0.147. The van der Waals surface area contributed by atoms with Gasteiger partial charge in [-0.15, -0.1) is 0 Å². The van der Waals surface area contributed by atoms with E-state index >= 15 is 0 Å². The highest BCUT2D eigenvalue weighted by Crippen LogP contribution is 2.26. The summed E-state index contributed by atoms with van der Waals surface area (Å²) in [6, 6.07) is 23.4. The molecule has 5 nitrogen and oxygen atoms in total. The zero-order valence-corrected chi connectivity index (χ0v) is 20.6. The number of hydrogen-bond acceptors (Lipinski definition) is 3. The maximum atomic E-state index is 13.7. The summed E-state index contributed by atoms with van der Waals surface area (Å²) in [5.74, 6) is 0.682. The highest BCUT2D eigenvalue weighted by Gasteiger charge is 2.31. The molecule has 3 rings (SSSR count). The second-order valence-electron chi connectivity index (χ2n) is 8.63. The number of nitrogens with one attached hydrogen (secondary N) is 1. The largest absolute Gasteiger partial charge is 0.497 e. The van der Waals surface area contributed by atoms with Gasteiger partial charge in [-0.1, -0.05) is 80.0 Å². The number of amides is 2. The van der Waals surface area contributed by atoms with Crippen LogP contribution in [0.25, 0.3) is 0 Å². The summed E-state index contributed by atoms with van der Waals surface area (Å²) in [6.07, 6.45) is 0.161. The molecule has 34 heavy (non-hydrogen) atoms. The molecule has 1 N–H and O–H groups in total. The van der Waals surface area contributed by atoms with Crippen LogP contribution >= 0.6 is 11.6 Å². The third-order valence-corrected chi connectivity index (χ3v) is 5.71. The fourth-order valence-corrected chi connectivity index (χ4v) is 3.77. The van der Waals surface area contributed by atoms with Crippen molar-refractivity contribution in [3.8, 4) is 5.75 Å². The molecule has 6 heteroatoms. The lowest BCUT2D eigenvalue weighted by Crippen LogP contribution is -2.44. The second-order valence-corrected chi connectivity index (χ2v) is 9.06. The fourth-order valence-electron chi connectivity index (χ4n) is 3.64. The van der Waals surface area contributed by atoms with Crippen LogP contribution in [0.5, 0.6) is 5.75 Å². The van der Waals surface area contributed by atoms with Crippen molar-refractivity contribution in [1.29, 1.82) is 0 Å². The number of nitrogens with zero attached hydrogens (tertiary/aromatic N) is 1. The number of carbonyl (C=O) groups is 2. The molecule has 0 fully saturated rings. The van der Waals surface area contributed by atoms with Gasteiger partial charge in [-0.3, -0.25) is 9.59 Å². The Labute approximate surface area is 206 Å². The first-order chi connectivity index (χ1) is 16.4. The van der Waals surface area contributed by atoms with E-state index in [1.54, 1.807) is 24.1 Å². The molecule has 0 saturated carbocycles. The molecule has 0 aromatic heterocycles. The molecule has 0 aliphatic carbocycles. The van der Waals surface area contributed by atoms with Crippen LogP contribution in [0, 0.1) is 5.92 Å². The molecule has 2 amide bonds. The predicted octanol–water partition coefficient (Wildman–Crippen LogP) is 5.43. The molecular weight excluding hydrogens is 448 g/mol. The SMILES string of the molecule is COc1ccc(CN(C(=O)Cc2ccc(Cl)cc2)[C@H](C(=O)NCC(C)C)c2ccccc2)cc1. The van der Waals surface area contributed by atoms with Crippen LogP contribution in [-0.2, 0) is 22.6 Å². The van der Waals surface area contributed by atoms with Crippen molar-refractivity contribution in [3.63, 3.8) is 0 Å². The predicted molar refractivity (Wildman–Crippen MR) is 136 cm³/mol. The Morgan fingerprint density at radius 3 is 2.12 bits per heavy atom. The Morgan fingerprint density at radius 1 is 0.912 bits per heavy atom. The average Bonchev–Trinajstić information content (AvgIpc) is 2.84. The first kappa shape index (κ1) is 25.3. The topological polar surface area (TPSA) is 58.6 Å².